The standard InChI is InChI=1S/C17H16N2O2/c1-21-16-7-3-6-15(11-16)14-5-2-4-13(10-14)12-19-17(20)8-9-18/h2-7,10-11H,8,12H2,1H3,(H,19,20). The van der Waals surface area contributed by atoms with Crippen LogP contribution in [0.15, 0.2) is 48.5 Å². The van der Waals surface area contributed by atoms with Gasteiger partial charge in [0.05, 0.1) is 13.2 Å². The molecule has 0 saturated carbocycles. The zero-order valence-corrected chi connectivity index (χ0v) is 11.8. The average molecular weight is 280 g/mol. The Morgan fingerprint density at radius 1 is 1.19 bits per heavy atom. The van der Waals surface area contributed by atoms with Gasteiger partial charge in [-0.15, -0.1) is 0 Å². The molecule has 0 heterocycles. The smallest absolute Gasteiger partial charge is 0.234 e. The minimum Gasteiger partial charge on any atom is -0.497 e. The van der Waals surface area contributed by atoms with Gasteiger partial charge in [-0.3, -0.25) is 4.79 Å². The molecule has 4 heteroatoms. The molecule has 0 aliphatic heterocycles. The van der Waals surface area contributed by atoms with Gasteiger partial charge in [0.15, 0.2) is 0 Å². The fraction of sp³-hybridized carbons (Fsp3) is 0.176. The second kappa shape index (κ2) is 7.11. The maximum atomic E-state index is 11.3. The second-order valence-corrected chi connectivity index (χ2v) is 4.54. The summed E-state index contributed by atoms with van der Waals surface area (Å²) in [4.78, 5) is 11.3. The molecular formula is C17H16N2O2. The SMILES string of the molecule is COc1cccc(-c2cccc(CNC(=O)CC#N)c2)c1. The Balaban J connectivity index is 2.14. The minimum absolute atomic E-state index is 0.116. The molecule has 0 saturated heterocycles. The molecule has 0 atom stereocenters. The van der Waals surface area contributed by atoms with E-state index in [1.54, 1.807) is 7.11 Å². The lowest BCUT2D eigenvalue weighted by atomic mass is 10.0. The average Bonchev–Trinajstić information content (AvgIpc) is 2.53. The number of ether oxygens (including phenoxy) is 1. The number of hydrogen-bond acceptors (Lipinski definition) is 3. The van der Waals surface area contributed by atoms with Crippen molar-refractivity contribution in [3.63, 3.8) is 0 Å². The van der Waals surface area contributed by atoms with Crippen molar-refractivity contribution in [2.24, 2.45) is 0 Å². The molecule has 0 aromatic heterocycles. The first-order chi connectivity index (χ1) is 10.2. The van der Waals surface area contributed by atoms with E-state index < -0.39 is 0 Å². The predicted molar refractivity (Wildman–Crippen MR) is 80.5 cm³/mol. The summed E-state index contributed by atoms with van der Waals surface area (Å²) in [6, 6.07) is 17.6. The van der Waals surface area contributed by atoms with Crippen LogP contribution in [0.2, 0.25) is 0 Å². The van der Waals surface area contributed by atoms with Crippen LogP contribution < -0.4 is 10.1 Å². The van der Waals surface area contributed by atoms with Crippen molar-refractivity contribution in [2.45, 2.75) is 13.0 Å². The first-order valence-electron chi connectivity index (χ1n) is 6.60. The summed E-state index contributed by atoms with van der Waals surface area (Å²) in [5, 5.41) is 11.2. The van der Waals surface area contributed by atoms with Crippen LogP contribution in [0.25, 0.3) is 11.1 Å². The van der Waals surface area contributed by atoms with Crippen molar-refractivity contribution in [1.29, 1.82) is 5.26 Å². The Morgan fingerprint density at radius 2 is 1.90 bits per heavy atom. The number of rotatable bonds is 5. The Kier molecular flexibility index (Phi) is 4.94. The highest BCUT2D eigenvalue weighted by molar-refractivity contribution is 5.78. The molecule has 0 fully saturated rings. The van der Waals surface area contributed by atoms with E-state index in [-0.39, 0.29) is 12.3 Å². The highest BCUT2D eigenvalue weighted by atomic mass is 16.5. The third-order valence-electron chi connectivity index (χ3n) is 3.06. The van der Waals surface area contributed by atoms with Crippen molar-refractivity contribution in [3.8, 4) is 22.9 Å². The van der Waals surface area contributed by atoms with Gasteiger partial charge in [-0.2, -0.15) is 5.26 Å². The van der Waals surface area contributed by atoms with Crippen LogP contribution in [0.4, 0.5) is 0 Å². The summed E-state index contributed by atoms with van der Waals surface area (Å²) in [5.41, 5.74) is 3.10. The summed E-state index contributed by atoms with van der Waals surface area (Å²) in [6.07, 6.45) is -0.116. The molecule has 106 valence electrons. The van der Waals surface area contributed by atoms with Crippen molar-refractivity contribution in [1.82, 2.24) is 5.32 Å². The third-order valence-corrected chi connectivity index (χ3v) is 3.06. The fourth-order valence-corrected chi connectivity index (χ4v) is 2.00. The number of methoxy groups -OCH3 is 1. The number of amides is 1. The van der Waals surface area contributed by atoms with Crippen molar-refractivity contribution in [3.05, 3.63) is 54.1 Å². The van der Waals surface area contributed by atoms with E-state index in [1.807, 2.05) is 54.6 Å². The van der Waals surface area contributed by atoms with Crippen LogP contribution in [0.1, 0.15) is 12.0 Å². The quantitative estimate of drug-likeness (QED) is 0.916. The maximum absolute atomic E-state index is 11.3. The highest BCUT2D eigenvalue weighted by Crippen LogP contribution is 2.24. The fourth-order valence-electron chi connectivity index (χ4n) is 2.00. The largest absolute Gasteiger partial charge is 0.497 e. The molecule has 1 N–H and O–H groups in total. The monoisotopic (exact) mass is 280 g/mol. The van der Waals surface area contributed by atoms with E-state index in [4.69, 9.17) is 10.00 Å². The minimum atomic E-state index is -0.260. The molecule has 0 spiro atoms. The lowest BCUT2D eigenvalue weighted by Crippen LogP contribution is -2.21. The molecule has 1 amide bonds. The lowest BCUT2D eigenvalue weighted by molar-refractivity contribution is -0.120. The second-order valence-electron chi connectivity index (χ2n) is 4.54. The van der Waals surface area contributed by atoms with E-state index in [1.165, 1.54) is 0 Å². The van der Waals surface area contributed by atoms with Gasteiger partial charge in [0, 0.05) is 6.54 Å². The summed E-state index contributed by atoms with van der Waals surface area (Å²) in [7, 11) is 1.64. The number of nitrogens with zero attached hydrogens (tertiary/aromatic N) is 1. The van der Waals surface area contributed by atoms with Crippen LogP contribution in [0.3, 0.4) is 0 Å². The van der Waals surface area contributed by atoms with Gasteiger partial charge < -0.3 is 10.1 Å². The normalized spacial score (nSPS) is 9.71. The molecule has 0 bridgehead atoms. The molecular weight excluding hydrogens is 264 g/mol. The molecule has 2 aromatic rings. The zero-order chi connectivity index (χ0) is 15.1. The Hall–Kier alpha value is -2.80. The number of hydrogen-bond donors (Lipinski definition) is 1. The number of nitriles is 1. The van der Waals surface area contributed by atoms with Crippen molar-refractivity contribution >= 4 is 5.91 Å². The van der Waals surface area contributed by atoms with Gasteiger partial charge >= 0.3 is 0 Å². The maximum Gasteiger partial charge on any atom is 0.234 e. The van der Waals surface area contributed by atoms with Gasteiger partial charge in [0.25, 0.3) is 0 Å². The van der Waals surface area contributed by atoms with Crippen LogP contribution >= 0.6 is 0 Å². The van der Waals surface area contributed by atoms with Crippen LogP contribution in [0.5, 0.6) is 5.75 Å². The number of nitrogens with one attached hydrogen (secondary N) is 1. The van der Waals surface area contributed by atoms with E-state index in [2.05, 4.69) is 5.32 Å². The van der Waals surface area contributed by atoms with Gasteiger partial charge in [-0.05, 0) is 34.9 Å². The summed E-state index contributed by atoms with van der Waals surface area (Å²) in [6.45, 7) is 0.415. The summed E-state index contributed by atoms with van der Waals surface area (Å²) < 4.78 is 5.22. The zero-order valence-electron chi connectivity index (χ0n) is 11.8. The topological polar surface area (TPSA) is 62.1 Å². The summed E-state index contributed by atoms with van der Waals surface area (Å²) >= 11 is 0. The van der Waals surface area contributed by atoms with E-state index in [9.17, 15) is 4.79 Å². The van der Waals surface area contributed by atoms with E-state index in [0.717, 1.165) is 22.4 Å². The Labute approximate surface area is 124 Å². The van der Waals surface area contributed by atoms with Gasteiger partial charge in [-0.1, -0.05) is 30.3 Å². The van der Waals surface area contributed by atoms with Crippen LogP contribution in [0, 0.1) is 11.3 Å². The molecule has 0 unspecified atom stereocenters. The highest BCUT2D eigenvalue weighted by Gasteiger charge is 2.03. The molecule has 0 aliphatic rings. The van der Waals surface area contributed by atoms with Crippen molar-refractivity contribution in [2.75, 3.05) is 7.11 Å². The van der Waals surface area contributed by atoms with Crippen LogP contribution in [-0.4, -0.2) is 13.0 Å². The van der Waals surface area contributed by atoms with Gasteiger partial charge in [0.1, 0.15) is 12.2 Å². The van der Waals surface area contributed by atoms with Crippen molar-refractivity contribution < 1.29 is 9.53 Å². The Bertz CT molecular complexity index is 674. The first kappa shape index (κ1) is 14.6. The number of carbonyl (C=O) groups excluding carboxylic acids is 1. The van der Waals surface area contributed by atoms with Gasteiger partial charge in [-0.25, -0.2) is 0 Å². The summed E-state index contributed by atoms with van der Waals surface area (Å²) in [5.74, 6) is 0.546. The van der Waals surface area contributed by atoms with E-state index in [0.29, 0.717) is 6.54 Å². The molecule has 2 rings (SSSR count). The Morgan fingerprint density at radius 3 is 2.62 bits per heavy atom. The predicted octanol–water partition coefficient (Wildman–Crippen LogP) is 2.89. The first-order valence-corrected chi connectivity index (χ1v) is 6.60. The molecule has 21 heavy (non-hydrogen) atoms. The van der Waals surface area contributed by atoms with Gasteiger partial charge in [0.2, 0.25) is 5.91 Å². The number of benzene rings is 2. The number of carbonyl (C=O) groups is 1. The van der Waals surface area contributed by atoms with Crippen LogP contribution in [-0.2, 0) is 11.3 Å². The molecule has 0 aliphatic carbocycles. The molecule has 0 radical (unpaired) electrons. The third kappa shape index (κ3) is 4.08. The molecule has 4 nitrogen and oxygen atoms in total. The molecule has 2 aromatic carbocycles. The van der Waals surface area contributed by atoms with E-state index >= 15 is 0 Å². The lowest BCUT2D eigenvalue weighted by Gasteiger charge is -2.08.